The highest BCUT2D eigenvalue weighted by atomic mass is 79.9. The van der Waals surface area contributed by atoms with Gasteiger partial charge in [-0.05, 0) is 56.1 Å². The molecular formula is C14H21BrN2. The zero-order valence-electron chi connectivity index (χ0n) is 10.5. The highest BCUT2D eigenvalue weighted by Gasteiger charge is 2.21. The number of rotatable bonds is 5. The Balaban J connectivity index is 1.83. The van der Waals surface area contributed by atoms with Crippen molar-refractivity contribution in [2.24, 2.45) is 5.92 Å². The number of nitrogens with zero attached hydrogens (tertiary/aromatic N) is 1. The molecule has 1 N–H and O–H groups in total. The molecule has 1 heterocycles. The summed E-state index contributed by atoms with van der Waals surface area (Å²) in [5.74, 6) is 0.859. The van der Waals surface area contributed by atoms with Gasteiger partial charge in [-0.1, -0.05) is 22.9 Å². The predicted molar refractivity (Wildman–Crippen MR) is 77.6 cm³/mol. The lowest BCUT2D eigenvalue weighted by molar-refractivity contribution is 0.510. The second-order valence-corrected chi connectivity index (χ2v) is 5.64. The van der Waals surface area contributed by atoms with E-state index in [2.05, 4.69) is 57.3 Å². The molecule has 2 rings (SSSR count). The van der Waals surface area contributed by atoms with E-state index in [1.54, 1.807) is 0 Å². The Morgan fingerprint density at radius 3 is 2.82 bits per heavy atom. The Hall–Kier alpha value is -0.540. The third-order valence-corrected chi connectivity index (χ3v) is 3.99. The molecule has 1 aromatic carbocycles. The lowest BCUT2D eigenvalue weighted by Gasteiger charge is -2.18. The summed E-state index contributed by atoms with van der Waals surface area (Å²) in [5, 5.41) is 3.41. The standard InChI is InChI=1S/C14H21BrN2/c1-2-16-9-7-12-8-10-17(11-12)14-5-3-13(15)4-6-14/h3-6,12,16H,2,7-11H2,1H3. The van der Waals surface area contributed by atoms with Gasteiger partial charge >= 0.3 is 0 Å². The summed E-state index contributed by atoms with van der Waals surface area (Å²) >= 11 is 3.48. The minimum Gasteiger partial charge on any atom is -0.371 e. The highest BCUT2D eigenvalue weighted by molar-refractivity contribution is 9.10. The van der Waals surface area contributed by atoms with Gasteiger partial charge in [0, 0.05) is 23.2 Å². The molecule has 2 nitrogen and oxygen atoms in total. The first kappa shape index (κ1) is 12.9. The Labute approximate surface area is 113 Å². The fourth-order valence-electron chi connectivity index (χ4n) is 2.44. The molecule has 1 atom stereocenters. The highest BCUT2D eigenvalue weighted by Crippen LogP contribution is 2.26. The quantitative estimate of drug-likeness (QED) is 0.839. The van der Waals surface area contributed by atoms with E-state index in [-0.39, 0.29) is 0 Å². The zero-order chi connectivity index (χ0) is 12.1. The normalized spacial score (nSPS) is 19.9. The summed E-state index contributed by atoms with van der Waals surface area (Å²) in [4.78, 5) is 2.50. The molecular weight excluding hydrogens is 276 g/mol. The van der Waals surface area contributed by atoms with Crippen LogP contribution < -0.4 is 10.2 Å². The Bertz CT molecular complexity index is 337. The van der Waals surface area contributed by atoms with Gasteiger partial charge in [-0.25, -0.2) is 0 Å². The van der Waals surface area contributed by atoms with Gasteiger partial charge in [0.25, 0.3) is 0 Å². The van der Waals surface area contributed by atoms with Gasteiger partial charge in [0.2, 0.25) is 0 Å². The van der Waals surface area contributed by atoms with Crippen LogP contribution in [0.15, 0.2) is 28.7 Å². The lowest BCUT2D eigenvalue weighted by atomic mass is 10.1. The van der Waals surface area contributed by atoms with Gasteiger partial charge in [-0.3, -0.25) is 0 Å². The molecule has 1 fully saturated rings. The largest absolute Gasteiger partial charge is 0.371 e. The molecule has 0 bridgehead atoms. The summed E-state index contributed by atoms with van der Waals surface area (Å²) in [7, 11) is 0. The Morgan fingerprint density at radius 1 is 1.35 bits per heavy atom. The van der Waals surface area contributed by atoms with Crippen LogP contribution in [0, 0.1) is 5.92 Å². The minimum atomic E-state index is 0.859. The molecule has 17 heavy (non-hydrogen) atoms. The molecule has 94 valence electrons. The maximum atomic E-state index is 3.48. The number of benzene rings is 1. The van der Waals surface area contributed by atoms with Crippen LogP contribution in [0.3, 0.4) is 0 Å². The molecule has 0 aromatic heterocycles. The van der Waals surface area contributed by atoms with Crippen LogP contribution in [-0.2, 0) is 0 Å². The van der Waals surface area contributed by atoms with Crippen LogP contribution >= 0.6 is 15.9 Å². The van der Waals surface area contributed by atoms with Gasteiger partial charge in [-0.2, -0.15) is 0 Å². The number of hydrogen-bond donors (Lipinski definition) is 1. The first-order chi connectivity index (χ1) is 8.29. The smallest absolute Gasteiger partial charge is 0.0367 e. The average molecular weight is 297 g/mol. The number of hydrogen-bond acceptors (Lipinski definition) is 2. The molecule has 0 radical (unpaired) electrons. The fraction of sp³-hybridized carbons (Fsp3) is 0.571. The lowest BCUT2D eigenvalue weighted by Crippen LogP contribution is -2.22. The molecule has 1 aliphatic heterocycles. The minimum absolute atomic E-state index is 0.859. The van der Waals surface area contributed by atoms with Crippen LogP contribution in [0.1, 0.15) is 19.8 Å². The summed E-state index contributed by atoms with van der Waals surface area (Å²) in [6.07, 6.45) is 2.64. The van der Waals surface area contributed by atoms with Gasteiger partial charge in [0.15, 0.2) is 0 Å². The molecule has 1 aliphatic rings. The van der Waals surface area contributed by atoms with Crippen molar-refractivity contribution >= 4 is 21.6 Å². The summed E-state index contributed by atoms with van der Waals surface area (Å²) in [6.45, 7) is 6.84. The predicted octanol–water partition coefficient (Wildman–Crippen LogP) is 3.28. The third-order valence-electron chi connectivity index (χ3n) is 3.46. The first-order valence-electron chi connectivity index (χ1n) is 6.51. The molecule has 1 saturated heterocycles. The van der Waals surface area contributed by atoms with Gasteiger partial charge in [0.05, 0.1) is 0 Å². The molecule has 3 heteroatoms. The van der Waals surface area contributed by atoms with Crippen molar-refractivity contribution in [3.8, 4) is 0 Å². The summed E-state index contributed by atoms with van der Waals surface area (Å²) in [6, 6.07) is 8.66. The van der Waals surface area contributed by atoms with Crippen LogP contribution in [-0.4, -0.2) is 26.2 Å². The van der Waals surface area contributed by atoms with Crippen LogP contribution in [0.2, 0.25) is 0 Å². The van der Waals surface area contributed by atoms with E-state index < -0.39 is 0 Å². The van der Waals surface area contributed by atoms with E-state index in [0.717, 1.165) is 23.5 Å². The van der Waals surface area contributed by atoms with E-state index in [0.29, 0.717) is 0 Å². The van der Waals surface area contributed by atoms with Gasteiger partial charge in [-0.15, -0.1) is 0 Å². The van der Waals surface area contributed by atoms with Crippen LogP contribution in [0.25, 0.3) is 0 Å². The van der Waals surface area contributed by atoms with Crippen LogP contribution in [0.4, 0.5) is 5.69 Å². The van der Waals surface area contributed by atoms with Crippen molar-refractivity contribution in [2.75, 3.05) is 31.1 Å². The van der Waals surface area contributed by atoms with Crippen molar-refractivity contribution < 1.29 is 0 Å². The maximum Gasteiger partial charge on any atom is 0.0367 e. The van der Waals surface area contributed by atoms with Gasteiger partial charge < -0.3 is 10.2 Å². The molecule has 0 saturated carbocycles. The van der Waals surface area contributed by atoms with Crippen molar-refractivity contribution in [3.05, 3.63) is 28.7 Å². The van der Waals surface area contributed by atoms with Crippen LogP contribution in [0.5, 0.6) is 0 Å². The van der Waals surface area contributed by atoms with Gasteiger partial charge in [0.1, 0.15) is 0 Å². The van der Waals surface area contributed by atoms with E-state index >= 15 is 0 Å². The zero-order valence-corrected chi connectivity index (χ0v) is 12.0. The Morgan fingerprint density at radius 2 is 2.12 bits per heavy atom. The molecule has 0 amide bonds. The summed E-state index contributed by atoms with van der Waals surface area (Å²) in [5.41, 5.74) is 1.36. The Kier molecular flexibility index (Phi) is 4.86. The topological polar surface area (TPSA) is 15.3 Å². The average Bonchev–Trinajstić information content (AvgIpc) is 2.79. The van der Waals surface area contributed by atoms with E-state index in [4.69, 9.17) is 0 Å². The monoisotopic (exact) mass is 296 g/mol. The fourth-order valence-corrected chi connectivity index (χ4v) is 2.70. The van der Waals surface area contributed by atoms with E-state index in [1.807, 2.05) is 0 Å². The third kappa shape index (κ3) is 3.71. The van der Waals surface area contributed by atoms with E-state index in [1.165, 1.54) is 31.6 Å². The van der Waals surface area contributed by atoms with Crippen molar-refractivity contribution in [1.29, 1.82) is 0 Å². The van der Waals surface area contributed by atoms with E-state index in [9.17, 15) is 0 Å². The van der Waals surface area contributed by atoms with Crippen molar-refractivity contribution in [2.45, 2.75) is 19.8 Å². The molecule has 0 aliphatic carbocycles. The second kappa shape index (κ2) is 6.41. The van der Waals surface area contributed by atoms with Crippen molar-refractivity contribution in [3.63, 3.8) is 0 Å². The SMILES string of the molecule is CCNCCC1CCN(c2ccc(Br)cc2)C1. The first-order valence-corrected chi connectivity index (χ1v) is 7.30. The number of nitrogens with one attached hydrogen (secondary N) is 1. The molecule has 0 spiro atoms. The molecule has 1 aromatic rings. The number of halogens is 1. The summed E-state index contributed by atoms with van der Waals surface area (Å²) < 4.78 is 1.16. The second-order valence-electron chi connectivity index (χ2n) is 4.72. The van der Waals surface area contributed by atoms with Crippen molar-refractivity contribution in [1.82, 2.24) is 5.32 Å². The number of anilines is 1. The maximum absolute atomic E-state index is 3.48. The molecule has 1 unspecified atom stereocenters.